The maximum absolute atomic E-state index is 9.76. The van der Waals surface area contributed by atoms with Crippen molar-refractivity contribution >= 4 is 11.3 Å². The van der Waals surface area contributed by atoms with Gasteiger partial charge in [-0.15, -0.1) is 11.3 Å². The summed E-state index contributed by atoms with van der Waals surface area (Å²) in [5.41, 5.74) is 6.13. The molecule has 0 saturated carbocycles. The van der Waals surface area contributed by atoms with E-state index in [1.807, 2.05) is 24.4 Å². The summed E-state index contributed by atoms with van der Waals surface area (Å²) in [6, 6.07) is 14.8. The first-order valence-corrected chi connectivity index (χ1v) is 8.93. The third-order valence-electron chi connectivity index (χ3n) is 4.34. The highest BCUT2D eigenvalue weighted by Gasteiger charge is 2.26. The Bertz CT molecular complexity index is 939. The van der Waals surface area contributed by atoms with Crippen molar-refractivity contribution in [2.24, 2.45) is 0 Å². The molecule has 1 aromatic carbocycles. The van der Waals surface area contributed by atoms with Crippen LogP contribution in [-0.2, 0) is 12.8 Å². The molecule has 4 heteroatoms. The van der Waals surface area contributed by atoms with E-state index in [1.54, 1.807) is 11.3 Å². The van der Waals surface area contributed by atoms with Crippen molar-refractivity contribution in [2.75, 3.05) is 6.61 Å². The Balaban J connectivity index is 2.07. The second kappa shape index (κ2) is 6.10. The van der Waals surface area contributed by atoms with E-state index < -0.39 is 0 Å². The van der Waals surface area contributed by atoms with Crippen LogP contribution in [0.4, 0.5) is 0 Å². The molecule has 3 nitrogen and oxygen atoms in total. The molecule has 1 aliphatic carbocycles. The summed E-state index contributed by atoms with van der Waals surface area (Å²) >= 11 is 1.65. The second-order valence-electron chi connectivity index (χ2n) is 5.67. The molecule has 0 saturated heterocycles. The number of nitrogens with zero attached hydrogens (tertiary/aromatic N) is 2. The van der Waals surface area contributed by atoms with Crippen LogP contribution in [0.25, 0.3) is 21.7 Å². The molecule has 4 rings (SSSR count). The molecule has 0 spiro atoms. The van der Waals surface area contributed by atoms with E-state index in [0.717, 1.165) is 40.1 Å². The molecular weight excluding hydrogens is 316 g/mol. The minimum atomic E-state index is 0.443. The summed E-state index contributed by atoms with van der Waals surface area (Å²) in [7, 11) is 0. The van der Waals surface area contributed by atoms with Crippen LogP contribution in [0.3, 0.4) is 0 Å². The number of nitriles is 1. The van der Waals surface area contributed by atoms with Crippen LogP contribution in [0.1, 0.15) is 23.6 Å². The lowest BCUT2D eigenvalue weighted by atomic mass is 9.85. The van der Waals surface area contributed by atoms with E-state index in [4.69, 9.17) is 9.72 Å². The predicted octanol–water partition coefficient (Wildman–Crippen LogP) is 4.85. The number of thiophene rings is 1. The zero-order valence-corrected chi connectivity index (χ0v) is 14.2. The highest BCUT2D eigenvalue weighted by Crippen LogP contribution is 2.43. The Kier molecular flexibility index (Phi) is 3.79. The van der Waals surface area contributed by atoms with Crippen molar-refractivity contribution in [3.8, 4) is 33.6 Å². The van der Waals surface area contributed by atoms with Gasteiger partial charge in [-0.2, -0.15) is 5.26 Å². The van der Waals surface area contributed by atoms with Gasteiger partial charge in [0.25, 0.3) is 0 Å². The van der Waals surface area contributed by atoms with Gasteiger partial charge in [0.1, 0.15) is 11.6 Å². The van der Waals surface area contributed by atoms with Gasteiger partial charge in [-0.1, -0.05) is 30.3 Å². The summed E-state index contributed by atoms with van der Waals surface area (Å²) in [5, 5.41) is 11.8. The topological polar surface area (TPSA) is 45.9 Å². The standard InChI is InChI=1S/C20H16N2OS/c1-2-23-20-16(12-21)18(17-8-5-11-24-17)15-10-9-13-6-3-4-7-14(13)19(15)22-20/h3-8,11H,2,9-10H2,1H3. The average molecular weight is 332 g/mol. The second-order valence-corrected chi connectivity index (χ2v) is 6.62. The van der Waals surface area contributed by atoms with E-state index in [-0.39, 0.29) is 0 Å². The van der Waals surface area contributed by atoms with Crippen LogP contribution in [0.2, 0.25) is 0 Å². The third kappa shape index (κ3) is 2.29. The number of ether oxygens (including phenoxy) is 1. The van der Waals surface area contributed by atoms with E-state index >= 15 is 0 Å². The number of pyridine rings is 1. The van der Waals surface area contributed by atoms with Gasteiger partial charge >= 0.3 is 0 Å². The fourth-order valence-electron chi connectivity index (χ4n) is 3.33. The predicted molar refractivity (Wildman–Crippen MR) is 96.3 cm³/mol. The zero-order valence-electron chi connectivity index (χ0n) is 13.4. The number of rotatable bonds is 3. The van der Waals surface area contributed by atoms with Gasteiger partial charge < -0.3 is 4.74 Å². The number of aromatic nitrogens is 1. The number of hydrogen-bond acceptors (Lipinski definition) is 4. The van der Waals surface area contributed by atoms with Crippen LogP contribution < -0.4 is 4.74 Å². The lowest BCUT2D eigenvalue weighted by Crippen LogP contribution is -2.11. The molecule has 0 aliphatic heterocycles. The monoisotopic (exact) mass is 332 g/mol. The van der Waals surface area contributed by atoms with Crippen molar-refractivity contribution in [2.45, 2.75) is 19.8 Å². The van der Waals surface area contributed by atoms with Crippen molar-refractivity contribution in [1.29, 1.82) is 5.26 Å². The Morgan fingerprint density at radius 1 is 1.21 bits per heavy atom. The molecule has 0 radical (unpaired) electrons. The summed E-state index contributed by atoms with van der Waals surface area (Å²) in [4.78, 5) is 5.85. The number of aryl methyl sites for hydroxylation is 1. The van der Waals surface area contributed by atoms with Crippen LogP contribution in [-0.4, -0.2) is 11.6 Å². The van der Waals surface area contributed by atoms with E-state index in [1.165, 1.54) is 5.56 Å². The maximum atomic E-state index is 9.76. The summed E-state index contributed by atoms with van der Waals surface area (Å²) in [6.07, 6.45) is 1.87. The Hall–Kier alpha value is -2.64. The van der Waals surface area contributed by atoms with Gasteiger partial charge in [0, 0.05) is 16.0 Å². The summed E-state index contributed by atoms with van der Waals surface area (Å²) < 4.78 is 5.72. The SMILES string of the molecule is CCOc1nc2c(c(-c3cccs3)c1C#N)CCc1ccccc1-2. The number of hydrogen-bond donors (Lipinski definition) is 0. The average Bonchev–Trinajstić information content (AvgIpc) is 3.15. The Morgan fingerprint density at radius 2 is 2.08 bits per heavy atom. The largest absolute Gasteiger partial charge is 0.477 e. The van der Waals surface area contributed by atoms with Gasteiger partial charge in [0.2, 0.25) is 5.88 Å². The summed E-state index contributed by atoms with van der Waals surface area (Å²) in [5.74, 6) is 0.443. The van der Waals surface area contributed by atoms with E-state index in [2.05, 4.69) is 30.3 Å². The fraction of sp³-hybridized carbons (Fsp3) is 0.200. The van der Waals surface area contributed by atoms with E-state index in [0.29, 0.717) is 18.1 Å². The van der Waals surface area contributed by atoms with Crippen molar-refractivity contribution in [1.82, 2.24) is 4.98 Å². The first kappa shape index (κ1) is 14.9. The first-order chi connectivity index (χ1) is 11.8. The summed E-state index contributed by atoms with van der Waals surface area (Å²) in [6.45, 7) is 2.41. The molecule has 0 fully saturated rings. The number of benzene rings is 1. The molecule has 118 valence electrons. The van der Waals surface area contributed by atoms with Gasteiger partial charge in [-0.05, 0) is 42.3 Å². The quantitative estimate of drug-likeness (QED) is 0.689. The molecule has 3 aromatic rings. The van der Waals surface area contributed by atoms with Crippen LogP contribution in [0.5, 0.6) is 5.88 Å². The Labute approximate surface area is 145 Å². The first-order valence-electron chi connectivity index (χ1n) is 8.05. The molecular formula is C20H16N2OS. The molecule has 24 heavy (non-hydrogen) atoms. The Morgan fingerprint density at radius 3 is 2.83 bits per heavy atom. The molecule has 0 unspecified atom stereocenters. The van der Waals surface area contributed by atoms with Crippen LogP contribution >= 0.6 is 11.3 Å². The van der Waals surface area contributed by atoms with Gasteiger partial charge in [0.05, 0.1) is 12.3 Å². The minimum absolute atomic E-state index is 0.443. The molecule has 0 N–H and O–H groups in total. The normalized spacial score (nSPS) is 12.2. The van der Waals surface area contributed by atoms with Crippen molar-refractivity contribution < 1.29 is 4.74 Å². The third-order valence-corrected chi connectivity index (χ3v) is 5.23. The smallest absolute Gasteiger partial charge is 0.232 e. The van der Waals surface area contributed by atoms with E-state index in [9.17, 15) is 5.26 Å². The van der Waals surface area contributed by atoms with Gasteiger partial charge in [-0.25, -0.2) is 4.98 Å². The molecule has 1 aliphatic rings. The van der Waals surface area contributed by atoms with Crippen LogP contribution in [0, 0.1) is 11.3 Å². The van der Waals surface area contributed by atoms with Crippen molar-refractivity contribution in [3.63, 3.8) is 0 Å². The molecule has 0 atom stereocenters. The highest BCUT2D eigenvalue weighted by molar-refractivity contribution is 7.13. The van der Waals surface area contributed by atoms with Crippen LogP contribution in [0.15, 0.2) is 41.8 Å². The highest BCUT2D eigenvalue weighted by atomic mass is 32.1. The van der Waals surface area contributed by atoms with Gasteiger partial charge in [0.15, 0.2) is 0 Å². The molecule has 0 amide bonds. The fourth-order valence-corrected chi connectivity index (χ4v) is 4.14. The number of fused-ring (bicyclic) bond motifs is 3. The van der Waals surface area contributed by atoms with Crippen molar-refractivity contribution in [3.05, 3.63) is 58.5 Å². The molecule has 2 heterocycles. The minimum Gasteiger partial charge on any atom is -0.477 e. The molecule has 0 bridgehead atoms. The molecule has 2 aromatic heterocycles. The maximum Gasteiger partial charge on any atom is 0.232 e. The zero-order chi connectivity index (χ0) is 16.5. The lowest BCUT2D eigenvalue weighted by molar-refractivity contribution is 0.326. The lowest BCUT2D eigenvalue weighted by Gasteiger charge is -2.23. The van der Waals surface area contributed by atoms with Gasteiger partial charge in [-0.3, -0.25) is 0 Å².